The van der Waals surface area contributed by atoms with Crippen LogP contribution in [-0.2, 0) is 6.54 Å². The van der Waals surface area contributed by atoms with E-state index in [1.807, 2.05) is 12.1 Å². The van der Waals surface area contributed by atoms with Crippen LogP contribution in [0.15, 0.2) is 53.6 Å². The number of fused-ring (bicyclic) bond motifs is 1. The number of nitrogens with zero attached hydrogens (tertiary/aromatic N) is 3. The van der Waals surface area contributed by atoms with Crippen LogP contribution in [0, 0.1) is 0 Å². The minimum Gasteiger partial charge on any atom is -0.481 e. The van der Waals surface area contributed by atoms with E-state index in [1.165, 1.54) is 10.5 Å². The second-order valence-corrected chi connectivity index (χ2v) is 4.46. The fourth-order valence-corrected chi connectivity index (χ4v) is 1.99. The van der Waals surface area contributed by atoms with E-state index in [0.717, 1.165) is 5.69 Å². The van der Waals surface area contributed by atoms with Crippen molar-refractivity contribution in [2.45, 2.75) is 6.54 Å². The van der Waals surface area contributed by atoms with E-state index in [0.29, 0.717) is 23.8 Å². The normalized spacial score (nSPS) is 10.5. The Hall–Kier alpha value is -2.89. The Morgan fingerprint density at radius 3 is 2.95 bits per heavy atom. The second-order valence-electron chi connectivity index (χ2n) is 4.46. The fraction of sp³-hybridized carbons (Fsp3) is 0.133. The molecule has 3 aromatic rings. The standard InChI is InChI=1S/C15H14N4O2/c1-21-14-6-5-11(9-17-14)16-10-12-8-15(20)19-7-3-2-4-13(19)18-12/h2-9,16H,10H2,1H3. The Morgan fingerprint density at radius 2 is 2.19 bits per heavy atom. The lowest BCUT2D eigenvalue weighted by molar-refractivity contribution is 0.398. The lowest BCUT2D eigenvalue weighted by Gasteiger charge is -2.07. The molecule has 106 valence electrons. The van der Waals surface area contributed by atoms with Crippen molar-refractivity contribution in [3.05, 3.63) is 64.8 Å². The number of pyridine rings is 2. The first-order chi connectivity index (χ1) is 10.3. The number of hydrogen-bond donors (Lipinski definition) is 1. The molecule has 0 bridgehead atoms. The average molecular weight is 282 g/mol. The molecule has 0 unspecified atom stereocenters. The van der Waals surface area contributed by atoms with Crippen LogP contribution in [0.4, 0.5) is 5.69 Å². The van der Waals surface area contributed by atoms with E-state index in [9.17, 15) is 4.79 Å². The lowest BCUT2D eigenvalue weighted by atomic mass is 10.3. The first-order valence-electron chi connectivity index (χ1n) is 6.47. The highest BCUT2D eigenvalue weighted by molar-refractivity contribution is 5.43. The van der Waals surface area contributed by atoms with Gasteiger partial charge >= 0.3 is 0 Å². The maximum Gasteiger partial charge on any atom is 0.258 e. The Labute approximate surface area is 121 Å². The molecule has 0 aliphatic rings. The van der Waals surface area contributed by atoms with Gasteiger partial charge in [-0.15, -0.1) is 0 Å². The van der Waals surface area contributed by atoms with Crippen molar-refractivity contribution in [2.24, 2.45) is 0 Å². The first-order valence-corrected chi connectivity index (χ1v) is 6.47. The molecule has 0 saturated carbocycles. The van der Waals surface area contributed by atoms with Crippen LogP contribution in [0.3, 0.4) is 0 Å². The smallest absolute Gasteiger partial charge is 0.258 e. The van der Waals surface area contributed by atoms with Crippen LogP contribution < -0.4 is 15.6 Å². The van der Waals surface area contributed by atoms with Crippen molar-refractivity contribution < 1.29 is 4.74 Å². The molecule has 6 heteroatoms. The lowest BCUT2D eigenvalue weighted by Crippen LogP contribution is -2.16. The van der Waals surface area contributed by atoms with Gasteiger partial charge in [0.25, 0.3) is 5.56 Å². The zero-order valence-electron chi connectivity index (χ0n) is 11.5. The Morgan fingerprint density at radius 1 is 1.29 bits per heavy atom. The first kappa shape index (κ1) is 13.1. The maximum absolute atomic E-state index is 12.0. The summed E-state index contributed by atoms with van der Waals surface area (Å²) < 4.78 is 6.51. The topological polar surface area (TPSA) is 68.5 Å². The highest BCUT2D eigenvalue weighted by Gasteiger charge is 2.02. The van der Waals surface area contributed by atoms with Gasteiger partial charge in [0.15, 0.2) is 0 Å². The molecule has 0 aliphatic heterocycles. The van der Waals surface area contributed by atoms with Gasteiger partial charge in [-0.05, 0) is 18.2 Å². The summed E-state index contributed by atoms with van der Waals surface area (Å²) in [5.74, 6) is 0.558. The molecule has 0 radical (unpaired) electrons. The van der Waals surface area contributed by atoms with E-state index >= 15 is 0 Å². The molecular weight excluding hydrogens is 268 g/mol. The van der Waals surface area contributed by atoms with Crippen LogP contribution >= 0.6 is 0 Å². The largest absolute Gasteiger partial charge is 0.481 e. The molecule has 3 aromatic heterocycles. The Kier molecular flexibility index (Phi) is 3.51. The number of hydrogen-bond acceptors (Lipinski definition) is 5. The molecule has 0 aromatic carbocycles. The van der Waals surface area contributed by atoms with Gasteiger partial charge in [-0.3, -0.25) is 9.20 Å². The summed E-state index contributed by atoms with van der Waals surface area (Å²) in [5, 5.41) is 3.18. The Balaban J connectivity index is 1.80. The molecule has 0 aliphatic carbocycles. The molecule has 0 fully saturated rings. The highest BCUT2D eigenvalue weighted by Crippen LogP contribution is 2.11. The van der Waals surface area contributed by atoms with Crippen LogP contribution in [0.2, 0.25) is 0 Å². The maximum atomic E-state index is 12.0. The molecule has 6 nitrogen and oxygen atoms in total. The van der Waals surface area contributed by atoms with Crippen LogP contribution in [0.1, 0.15) is 5.69 Å². The summed E-state index contributed by atoms with van der Waals surface area (Å²) in [6.45, 7) is 0.453. The Bertz CT molecular complexity index is 812. The summed E-state index contributed by atoms with van der Waals surface area (Å²) >= 11 is 0. The molecule has 0 amide bonds. The number of rotatable bonds is 4. The van der Waals surface area contributed by atoms with E-state index < -0.39 is 0 Å². The monoisotopic (exact) mass is 282 g/mol. The third kappa shape index (κ3) is 2.84. The van der Waals surface area contributed by atoms with Gasteiger partial charge in [-0.1, -0.05) is 6.07 Å². The van der Waals surface area contributed by atoms with Crippen molar-refractivity contribution >= 4 is 11.3 Å². The van der Waals surface area contributed by atoms with Gasteiger partial charge < -0.3 is 10.1 Å². The van der Waals surface area contributed by atoms with Gasteiger partial charge in [-0.25, -0.2) is 9.97 Å². The zero-order valence-corrected chi connectivity index (χ0v) is 11.5. The number of anilines is 1. The predicted molar refractivity (Wildman–Crippen MR) is 79.6 cm³/mol. The van der Waals surface area contributed by atoms with Gasteiger partial charge in [0.1, 0.15) is 5.65 Å². The molecule has 0 spiro atoms. The van der Waals surface area contributed by atoms with Gasteiger partial charge in [0, 0.05) is 18.3 Å². The second kappa shape index (κ2) is 5.62. The molecule has 3 heterocycles. The third-order valence-electron chi connectivity index (χ3n) is 3.04. The molecule has 0 atom stereocenters. The van der Waals surface area contributed by atoms with E-state index in [2.05, 4.69) is 15.3 Å². The average Bonchev–Trinajstić information content (AvgIpc) is 2.53. The van der Waals surface area contributed by atoms with E-state index in [-0.39, 0.29) is 5.56 Å². The van der Waals surface area contributed by atoms with Crippen molar-refractivity contribution in [3.8, 4) is 5.88 Å². The minimum atomic E-state index is -0.0924. The quantitative estimate of drug-likeness (QED) is 0.789. The predicted octanol–water partition coefficient (Wildman–Crippen LogP) is 1.71. The van der Waals surface area contributed by atoms with Gasteiger partial charge in [-0.2, -0.15) is 0 Å². The van der Waals surface area contributed by atoms with Crippen LogP contribution in [0.25, 0.3) is 5.65 Å². The number of methoxy groups -OCH3 is 1. The third-order valence-corrected chi connectivity index (χ3v) is 3.04. The summed E-state index contributed by atoms with van der Waals surface area (Å²) in [6, 6.07) is 10.6. The fourth-order valence-electron chi connectivity index (χ4n) is 1.99. The minimum absolute atomic E-state index is 0.0924. The summed E-state index contributed by atoms with van der Waals surface area (Å²) in [5.41, 5.74) is 2.06. The van der Waals surface area contributed by atoms with Crippen molar-refractivity contribution in [3.63, 3.8) is 0 Å². The number of ether oxygens (including phenoxy) is 1. The summed E-state index contributed by atoms with van der Waals surface area (Å²) in [7, 11) is 1.57. The molecule has 1 N–H and O–H groups in total. The van der Waals surface area contributed by atoms with Crippen molar-refractivity contribution in [2.75, 3.05) is 12.4 Å². The van der Waals surface area contributed by atoms with Crippen LogP contribution in [-0.4, -0.2) is 21.5 Å². The van der Waals surface area contributed by atoms with Crippen molar-refractivity contribution in [1.82, 2.24) is 14.4 Å². The molecule has 21 heavy (non-hydrogen) atoms. The number of nitrogens with one attached hydrogen (secondary N) is 1. The van der Waals surface area contributed by atoms with E-state index in [4.69, 9.17) is 4.74 Å². The van der Waals surface area contributed by atoms with Crippen LogP contribution in [0.5, 0.6) is 5.88 Å². The highest BCUT2D eigenvalue weighted by atomic mass is 16.5. The zero-order chi connectivity index (χ0) is 14.7. The van der Waals surface area contributed by atoms with Gasteiger partial charge in [0.05, 0.1) is 31.2 Å². The summed E-state index contributed by atoms with van der Waals surface area (Å²) in [6.07, 6.45) is 3.38. The summed E-state index contributed by atoms with van der Waals surface area (Å²) in [4.78, 5) is 20.5. The molecular formula is C15H14N4O2. The SMILES string of the molecule is COc1ccc(NCc2cc(=O)n3ccccc3n2)cn1. The molecule has 3 rings (SSSR count). The molecule has 0 saturated heterocycles. The van der Waals surface area contributed by atoms with E-state index in [1.54, 1.807) is 37.7 Å². The van der Waals surface area contributed by atoms with Gasteiger partial charge in [0.2, 0.25) is 5.88 Å². The van der Waals surface area contributed by atoms with Crippen molar-refractivity contribution in [1.29, 1.82) is 0 Å². The number of aromatic nitrogens is 3.